The number of aryl methyl sites for hydroxylation is 1. The molecular formula is C22H23N3O6S2. The average molecular weight is 490 g/mol. The number of sulfonamides is 2. The van der Waals surface area contributed by atoms with Crippen molar-refractivity contribution >= 4 is 43.0 Å². The summed E-state index contributed by atoms with van der Waals surface area (Å²) in [6.07, 6.45) is 0. The Hall–Kier alpha value is -3.57. The SMILES string of the molecule is COc1ccc(NS(=O)(=O)c2cc(NS(=O)(=O)c3ccc(NC(C)=O)cc3)ccc2C)cc1. The van der Waals surface area contributed by atoms with Crippen LogP contribution in [0.3, 0.4) is 0 Å². The maximum atomic E-state index is 12.9. The lowest BCUT2D eigenvalue weighted by Crippen LogP contribution is -2.16. The predicted octanol–water partition coefficient (Wildman–Crippen LogP) is 3.56. The lowest BCUT2D eigenvalue weighted by Gasteiger charge is -2.14. The van der Waals surface area contributed by atoms with Gasteiger partial charge in [0.2, 0.25) is 5.91 Å². The minimum Gasteiger partial charge on any atom is -0.497 e. The van der Waals surface area contributed by atoms with E-state index in [1.807, 2.05) is 0 Å². The maximum Gasteiger partial charge on any atom is 0.262 e. The van der Waals surface area contributed by atoms with Crippen LogP contribution in [-0.2, 0) is 24.8 Å². The second-order valence-corrected chi connectivity index (χ2v) is 10.5. The standard InChI is InChI=1S/C22H23N3O6S2/c1-15-4-5-19(25-32(27,28)21-12-8-17(9-13-21)23-16(2)26)14-22(15)33(29,30)24-18-6-10-20(31-3)11-7-18/h4-14,24-25H,1-3H3,(H,23,26). The van der Waals surface area contributed by atoms with Crippen LogP contribution in [0.25, 0.3) is 0 Å². The predicted molar refractivity (Wildman–Crippen MR) is 127 cm³/mol. The van der Waals surface area contributed by atoms with Crippen molar-refractivity contribution in [3.05, 3.63) is 72.3 Å². The number of carbonyl (C=O) groups excluding carboxylic acids is 1. The molecule has 0 bridgehead atoms. The number of hydrogen-bond acceptors (Lipinski definition) is 6. The molecule has 0 spiro atoms. The van der Waals surface area contributed by atoms with Crippen molar-refractivity contribution in [1.29, 1.82) is 0 Å². The summed E-state index contributed by atoms with van der Waals surface area (Å²) in [5.41, 5.74) is 1.32. The van der Waals surface area contributed by atoms with Crippen LogP contribution in [0.15, 0.2) is 76.5 Å². The molecule has 33 heavy (non-hydrogen) atoms. The van der Waals surface area contributed by atoms with Crippen LogP contribution in [0, 0.1) is 6.92 Å². The summed E-state index contributed by atoms with van der Waals surface area (Å²) in [6.45, 7) is 2.96. The molecule has 3 rings (SSSR count). The third-order valence-electron chi connectivity index (χ3n) is 4.56. The topological polar surface area (TPSA) is 131 Å². The number of benzene rings is 3. The number of nitrogens with one attached hydrogen (secondary N) is 3. The smallest absolute Gasteiger partial charge is 0.262 e. The molecule has 0 saturated carbocycles. The van der Waals surface area contributed by atoms with Crippen molar-refractivity contribution in [3.63, 3.8) is 0 Å². The molecule has 0 fully saturated rings. The third kappa shape index (κ3) is 6.02. The molecule has 0 unspecified atom stereocenters. The van der Waals surface area contributed by atoms with Gasteiger partial charge in [-0.1, -0.05) is 6.07 Å². The minimum absolute atomic E-state index is 0.0436. The van der Waals surface area contributed by atoms with Gasteiger partial charge in [-0.05, 0) is 73.2 Å². The lowest BCUT2D eigenvalue weighted by molar-refractivity contribution is -0.114. The second-order valence-electron chi connectivity index (χ2n) is 7.13. The van der Waals surface area contributed by atoms with Crippen LogP contribution >= 0.6 is 0 Å². The van der Waals surface area contributed by atoms with E-state index in [1.165, 1.54) is 56.5 Å². The summed E-state index contributed by atoms with van der Waals surface area (Å²) in [6, 6.07) is 16.2. The normalized spacial score (nSPS) is 11.5. The molecular weight excluding hydrogens is 466 g/mol. The van der Waals surface area contributed by atoms with E-state index in [4.69, 9.17) is 4.74 Å². The third-order valence-corrected chi connectivity index (χ3v) is 7.48. The largest absolute Gasteiger partial charge is 0.497 e. The molecule has 0 heterocycles. The highest BCUT2D eigenvalue weighted by molar-refractivity contribution is 7.93. The number of hydrogen-bond donors (Lipinski definition) is 3. The second kappa shape index (κ2) is 9.51. The number of rotatable bonds is 8. The number of carbonyl (C=O) groups is 1. The highest BCUT2D eigenvalue weighted by atomic mass is 32.2. The van der Waals surface area contributed by atoms with Crippen LogP contribution < -0.4 is 19.5 Å². The Kier molecular flexibility index (Phi) is 6.94. The first-order valence-electron chi connectivity index (χ1n) is 9.68. The van der Waals surface area contributed by atoms with Gasteiger partial charge in [0.15, 0.2) is 0 Å². The summed E-state index contributed by atoms with van der Waals surface area (Å²) >= 11 is 0. The monoisotopic (exact) mass is 489 g/mol. The van der Waals surface area contributed by atoms with E-state index in [0.29, 0.717) is 22.7 Å². The Balaban J connectivity index is 1.84. The van der Waals surface area contributed by atoms with E-state index in [0.717, 1.165) is 0 Å². The van der Waals surface area contributed by atoms with Crippen LogP contribution in [0.1, 0.15) is 12.5 Å². The fraction of sp³-hybridized carbons (Fsp3) is 0.136. The molecule has 0 radical (unpaired) electrons. The maximum absolute atomic E-state index is 12.9. The van der Waals surface area contributed by atoms with Gasteiger partial charge in [0.25, 0.3) is 20.0 Å². The van der Waals surface area contributed by atoms with E-state index in [1.54, 1.807) is 31.2 Å². The van der Waals surface area contributed by atoms with E-state index >= 15 is 0 Å². The Bertz CT molecular complexity index is 1370. The molecule has 3 N–H and O–H groups in total. The van der Waals surface area contributed by atoms with Crippen molar-refractivity contribution in [2.45, 2.75) is 23.6 Å². The molecule has 0 aliphatic rings. The van der Waals surface area contributed by atoms with Gasteiger partial charge in [-0.2, -0.15) is 0 Å². The van der Waals surface area contributed by atoms with Gasteiger partial charge in [0, 0.05) is 18.3 Å². The van der Waals surface area contributed by atoms with Crippen molar-refractivity contribution < 1.29 is 26.4 Å². The molecule has 174 valence electrons. The van der Waals surface area contributed by atoms with Crippen LogP contribution in [-0.4, -0.2) is 29.9 Å². The summed E-state index contributed by atoms with van der Waals surface area (Å²) in [4.78, 5) is 11.0. The van der Waals surface area contributed by atoms with Crippen molar-refractivity contribution in [2.24, 2.45) is 0 Å². The molecule has 3 aromatic rings. The quantitative estimate of drug-likeness (QED) is 0.443. The number of methoxy groups -OCH3 is 1. The molecule has 0 aliphatic carbocycles. The number of amides is 1. The zero-order valence-electron chi connectivity index (χ0n) is 18.1. The van der Waals surface area contributed by atoms with Crippen molar-refractivity contribution in [2.75, 3.05) is 21.9 Å². The van der Waals surface area contributed by atoms with Crippen LogP contribution in [0.5, 0.6) is 5.75 Å². The Morgan fingerprint density at radius 1 is 0.758 bits per heavy atom. The highest BCUT2D eigenvalue weighted by Gasteiger charge is 2.20. The molecule has 11 heteroatoms. The first-order chi connectivity index (χ1) is 15.5. The lowest BCUT2D eigenvalue weighted by atomic mass is 10.2. The van der Waals surface area contributed by atoms with E-state index in [2.05, 4.69) is 14.8 Å². The fourth-order valence-electron chi connectivity index (χ4n) is 2.96. The zero-order valence-corrected chi connectivity index (χ0v) is 19.7. The Labute approximate surface area is 192 Å². The number of ether oxygens (including phenoxy) is 1. The van der Waals surface area contributed by atoms with Gasteiger partial charge in [0.1, 0.15) is 5.75 Å². The van der Waals surface area contributed by atoms with Gasteiger partial charge in [-0.15, -0.1) is 0 Å². The van der Waals surface area contributed by atoms with Gasteiger partial charge in [-0.3, -0.25) is 14.2 Å². The van der Waals surface area contributed by atoms with Crippen molar-refractivity contribution in [3.8, 4) is 5.75 Å². The zero-order chi connectivity index (χ0) is 24.2. The molecule has 1 amide bonds. The van der Waals surface area contributed by atoms with Crippen LogP contribution in [0.4, 0.5) is 17.1 Å². The van der Waals surface area contributed by atoms with Gasteiger partial charge < -0.3 is 10.1 Å². The molecule has 0 atom stereocenters. The summed E-state index contributed by atoms with van der Waals surface area (Å²) in [7, 11) is -6.47. The summed E-state index contributed by atoms with van der Waals surface area (Å²) in [5.74, 6) is 0.302. The molecule has 0 aromatic heterocycles. The first kappa shape index (κ1) is 24.1. The van der Waals surface area contributed by atoms with Gasteiger partial charge in [-0.25, -0.2) is 16.8 Å². The van der Waals surface area contributed by atoms with Crippen molar-refractivity contribution in [1.82, 2.24) is 0 Å². The Morgan fingerprint density at radius 3 is 1.88 bits per heavy atom. The molecule has 0 saturated heterocycles. The van der Waals surface area contributed by atoms with Gasteiger partial charge in [0.05, 0.1) is 22.6 Å². The highest BCUT2D eigenvalue weighted by Crippen LogP contribution is 2.26. The first-order valence-corrected chi connectivity index (χ1v) is 12.6. The van der Waals surface area contributed by atoms with E-state index in [-0.39, 0.29) is 21.4 Å². The molecule has 3 aromatic carbocycles. The average Bonchev–Trinajstić information content (AvgIpc) is 2.75. The summed E-state index contributed by atoms with van der Waals surface area (Å²) in [5, 5.41) is 2.55. The molecule has 9 nitrogen and oxygen atoms in total. The van der Waals surface area contributed by atoms with E-state index in [9.17, 15) is 21.6 Å². The van der Waals surface area contributed by atoms with Crippen LogP contribution in [0.2, 0.25) is 0 Å². The Morgan fingerprint density at radius 2 is 1.30 bits per heavy atom. The number of anilines is 3. The van der Waals surface area contributed by atoms with Gasteiger partial charge >= 0.3 is 0 Å². The minimum atomic E-state index is -3.99. The molecule has 0 aliphatic heterocycles. The fourth-order valence-corrected chi connectivity index (χ4v) is 5.34. The van der Waals surface area contributed by atoms with E-state index < -0.39 is 20.0 Å². The summed E-state index contributed by atoms with van der Waals surface area (Å²) < 4.78 is 61.3.